The Bertz CT molecular complexity index is 726. The molecule has 3 rings (SSSR count). The molecule has 2 aromatic carbocycles. The van der Waals surface area contributed by atoms with Gasteiger partial charge in [0.15, 0.2) is 0 Å². The Kier molecular flexibility index (Phi) is 4.51. The van der Waals surface area contributed by atoms with Gasteiger partial charge in [-0.05, 0) is 18.6 Å². The minimum atomic E-state index is -1.01. The highest BCUT2D eigenvalue weighted by molar-refractivity contribution is 5.92. The van der Waals surface area contributed by atoms with Crippen LogP contribution in [0, 0.1) is 0 Å². The van der Waals surface area contributed by atoms with Crippen molar-refractivity contribution in [2.24, 2.45) is 0 Å². The first-order chi connectivity index (χ1) is 11.6. The van der Waals surface area contributed by atoms with Crippen molar-refractivity contribution in [2.45, 2.75) is 31.7 Å². The molecular weight excluding hydrogens is 306 g/mol. The van der Waals surface area contributed by atoms with E-state index in [-0.39, 0.29) is 5.91 Å². The molecule has 1 aliphatic heterocycles. The van der Waals surface area contributed by atoms with E-state index in [4.69, 9.17) is 4.74 Å². The predicted octanol–water partition coefficient (Wildman–Crippen LogP) is 3.29. The van der Waals surface area contributed by atoms with Crippen molar-refractivity contribution in [2.75, 3.05) is 0 Å². The summed E-state index contributed by atoms with van der Waals surface area (Å²) in [6.45, 7) is 1.89. The summed E-state index contributed by atoms with van der Waals surface area (Å²) in [6, 6.07) is 13.8. The number of carbonyl (C=O) groups excluding carboxylic acids is 1. The molecule has 0 fully saturated rings. The lowest BCUT2D eigenvalue weighted by Gasteiger charge is -2.28. The highest BCUT2D eigenvalue weighted by Crippen LogP contribution is 2.43. The molecule has 5 heteroatoms. The van der Waals surface area contributed by atoms with Gasteiger partial charge in [0, 0.05) is 11.1 Å². The van der Waals surface area contributed by atoms with E-state index in [0.29, 0.717) is 24.3 Å². The van der Waals surface area contributed by atoms with E-state index < -0.39 is 17.9 Å². The van der Waals surface area contributed by atoms with Crippen molar-refractivity contribution in [1.82, 2.24) is 5.32 Å². The van der Waals surface area contributed by atoms with Crippen LogP contribution in [-0.4, -0.2) is 23.0 Å². The van der Waals surface area contributed by atoms with Gasteiger partial charge < -0.3 is 15.2 Å². The Morgan fingerprint density at radius 3 is 2.12 bits per heavy atom. The summed E-state index contributed by atoms with van der Waals surface area (Å²) in [4.78, 5) is 24.2. The molecule has 2 N–H and O–H groups in total. The predicted molar refractivity (Wildman–Crippen MR) is 89.3 cm³/mol. The molecule has 1 atom stereocenters. The third-order valence-corrected chi connectivity index (χ3v) is 4.13. The number of amides is 1. The van der Waals surface area contributed by atoms with Crippen molar-refractivity contribution in [3.8, 4) is 11.5 Å². The number of ether oxygens (including phenoxy) is 1. The molecule has 124 valence electrons. The lowest BCUT2D eigenvalue weighted by atomic mass is 9.87. The Morgan fingerprint density at radius 2 is 1.62 bits per heavy atom. The van der Waals surface area contributed by atoms with Crippen molar-refractivity contribution in [1.29, 1.82) is 0 Å². The maximum atomic E-state index is 12.9. The number of fused-ring (bicyclic) bond motifs is 2. The average Bonchev–Trinajstić information content (AvgIpc) is 2.58. The lowest BCUT2D eigenvalue weighted by Crippen LogP contribution is -2.43. The third kappa shape index (κ3) is 2.97. The number of benzene rings is 2. The van der Waals surface area contributed by atoms with Crippen LogP contribution in [0.5, 0.6) is 11.5 Å². The number of hydrogen-bond donors (Lipinski definition) is 2. The average molecular weight is 325 g/mol. The fraction of sp³-hybridized carbons (Fsp3) is 0.263. The summed E-state index contributed by atoms with van der Waals surface area (Å²) in [7, 11) is 0. The highest BCUT2D eigenvalue weighted by Gasteiger charge is 2.34. The second kappa shape index (κ2) is 6.74. The number of carboxylic acid groups (broad SMARTS) is 1. The molecule has 0 saturated carbocycles. The fourth-order valence-electron chi connectivity index (χ4n) is 2.99. The van der Waals surface area contributed by atoms with Crippen molar-refractivity contribution < 1.29 is 19.4 Å². The first-order valence-corrected chi connectivity index (χ1v) is 8.00. The van der Waals surface area contributed by atoms with Gasteiger partial charge in [-0.2, -0.15) is 0 Å². The maximum absolute atomic E-state index is 12.9. The Balaban J connectivity index is 1.97. The zero-order valence-electron chi connectivity index (χ0n) is 13.4. The van der Waals surface area contributed by atoms with Crippen LogP contribution in [0.3, 0.4) is 0 Å². The highest BCUT2D eigenvalue weighted by atomic mass is 16.5. The van der Waals surface area contributed by atoms with Gasteiger partial charge in [-0.25, -0.2) is 4.79 Å². The summed E-state index contributed by atoms with van der Waals surface area (Å²) < 4.78 is 5.86. The molecule has 2 aromatic rings. The van der Waals surface area contributed by atoms with Gasteiger partial charge in [0.05, 0.1) is 5.92 Å². The van der Waals surface area contributed by atoms with Crippen LogP contribution in [0.4, 0.5) is 0 Å². The number of carbonyl (C=O) groups is 2. The molecule has 0 aromatic heterocycles. The second-order valence-electron chi connectivity index (χ2n) is 5.80. The Morgan fingerprint density at radius 1 is 1.08 bits per heavy atom. The van der Waals surface area contributed by atoms with Gasteiger partial charge in [-0.15, -0.1) is 0 Å². The van der Waals surface area contributed by atoms with Crippen LogP contribution >= 0.6 is 0 Å². The zero-order chi connectivity index (χ0) is 17.1. The number of para-hydroxylation sites is 2. The van der Waals surface area contributed by atoms with Crippen molar-refractivity contribution >= 4 is 11.9 Å². The van der Waals surface area contributed by atoms with E-state index in [0.717, 1.165) is 11.1 Å². The zero-order valence-corrected chi connectivity index (χ0v) is 13.4. The molecule has 0 radical (unpaired) electrons. The molecule has 1 amide bonds. The standard InChI is InChI=1S/C19H19NO4/c1-2-7-14(19(22)23)20-18(21)17-12-8-3-5-10-15(12)24-16-11-6-4-9-13(16)17/h3-6,8-11,14,17H,2,7H2,1H3,(H,20,21)(H,22,23). The first-order valence-electron chi connectivity index (χ1n) is 8.00. The van der Waals surface area contributed by atoms with Crippen LogP contribution in [-0.2, 0) is 9.59 Å². The van der Waals surface area contributed by atoms with E-state index in [1.165, 1.54) is 0 Å². The van der Waals surface area contributed by atoms with Gasteiger partial charge in [-0.3, -0.25) is 4.79 Å². The largest absolute Gasteiger partial charge is 0.480 e. The molecule has 1 heterocycles. The molecule has 1 unspecified atom stereocenters. The minimum absolute atomic E-state index is 0.320. The van der Waals surface area contributed by atoms with Crippen molar-refractivity contribution in [3.63, 3.8) is 0 Å². The summed E-state index contributed by atoms with van der Waals surface area (Å²) in [5, 5.41) is 12.0. The van der Waals surface area contributed by atoms with Crippen LogP contribution in [0.2, 0.25) is 0 Å². The lowest BCUT2D eigenvalue weighted by molar-refractivity contribution is -0.142. The normalized spacial score (nSPS) is 14.0. The van der Waals surface area contributed by atoms with E-state index in [1.807, 2.05) is 55.5 Å². The van der Waals surface area contributed by atoms with E-state index in [9.17, 15) is 14.7 Å². The van der Waals surface area contributed by atoms with Gasteiger partial charge in [-0.1, -0.05) is 49.7 Å². The molecule has 1 aliphatic rings. The Labute approximate surface area is 140 Å². The summed E-state index contributed by atoms with van der Waals surface area (Å²) in [5.74, 6) is -0.667. The van der Waals surface area contributed by atoms with Crippen molar-refractivity contribution in [3.05, 3.63) is 59.7 Å². The summed E-state index contributed by atoms with van der Waals surface area (Å²) in [5.41, 5.74) is 1.49. The van der Waals surface area contributed by atoms with Gasteiger partial charge in [0.1, 0.15) is 17.5 Å². The number of rotatable bonds is 5. The van der Waals surface area contributed by atoms with Gasteiger partial charge in [0.25, 0.3) is 0 Å². The molecule has 0 bridgehead atoms. The fourth-order valence-corrected chi connectivity index (χ4v) is 2.99. The summed E-state index contributed by atoms with van der Waals surface area (Å²) in [6.07, 6.45) is 1.08. The molecule has 24 heavy (non-hydrogen) atoms. The first kappa shape index (κ1) is 16.1. The van der Waals surface area contributed by atoms with Gasteiger partial charge >= 0.3 is 5.97 Å². The minimum Gasteiger partial charge on any atom is -0.480 e. The molecule has 0 saturated heterocycles. The van der Waals surface area contributed by atoms with Crippen LogP contribution < -0.4 is 10.1 Å². The number of aliphatic carboxylic acids is 1. The van der Waals surface area contributed by atoms with Gasteiger partial charge in [0.2, 0.25) is 5.91 Å². The molecule has 0 spiro atoms. The molecule has 5 nitrogen and oxygen atoms in total. The maximum Gasteiger partial charge on any atom is 0.326 e. The quantitative estimate of drug-likeness (QED) is 0.884. The van der Waals surface area contributed by atoms with E-state index >= 15 is 0 Å². The number of carboxylic acids is 1. The second-order valence-corrected chi connectivity index (χ2v) is 5.80. The molecular formula is C19H19NO4. The summed E-state index contributed by atoms with van der Waals surface area (Å²) >= 11 is 0. The van der Waals surface area contributed by atoms with Crippen LogP contribution in [0.15, 0.2) is 48.5 Å². The third-order valence-electron chi connectivity index (χ3n) is 4.13. The smallest absolute Gasteiger partial charge is 0.326 e. The SMILES string of the molecule is CCCC(NC(=O)C1c2ccccc2Oc2ccccc21)C(=O)O. The van der Waals surface area contributed by atoms with E-state index in [1.54, 1.807) is 0 Å². The molecule has 0 aliphatic carbocycles. The monoisotopic (exact) mass is 325 g/mol. The van der Waals surface area contributed by atoms with Crippen LogP contribution in [0.25, 0.3) is 0 Å². The van der Waals surface area contributed by atoms with E-state index in [2.05, 4.69) is 5.32 Å². The Hall–Kier alpha value is -2.82. The number of nitrogens with one attached hydrogen (secondary N) is 1. The number of hydrogen-bond acceptors (Lipinski definition) is 3. The van der Waals surface area contributed by atoms with Crippen LogP contribution in [0.1, 0.15) is 36.8 Å². The topological polar surface area (TPSA) is 75.6 Å².